The van der Waals surface area contributed by atoms with E-state index in [0.29, 0.717) is 15.1 Å². The molecule has 0 radical (unpaired) electrons. The van der Waals surface area contributed by atoms with Gasteiger partial charge in [0.15, 0.2) is 4.96 Å². The third-order valence-electron chi connectivity index (χ3n) is 4.27. The summed E-state index contributed by atoms with van der Waals surface area (Å²) < 4.78 is 2.00. The molecule has 6 nitrogen and oxygen atoms in total. The molecule has 0 unspecified atom stereocenters. The van der Waals surface area contributed by atoms with Crippen molar-refractivity contribution < 1.29 is 4.92 Å². The molecule has 4 rings (SSSR count). The topological polar surface area (TPSA) is 77.5 Å². The van der Waals surface area contributed by atoms with Crippen molar-refractivity contribution in [2.24, 2.45) is 0 Å². The van der Waals surface area contributed by atoms with E-state index in [1.165, 1.54) is 17.4 Å². The molecular weight excluding hydrogens is 338 g/mol. The van der Waals surface area contributed by atoms with Gasteiger partial charge in [-0.25, -0.2) is 9.38 Å². The van der Waals surface area contributed by atoms with Crippen molar-refractivity contribution in [1.29, 1.82) is 0 Å². The van der Waals surface area contributed by atoms with Crippen molar-refractivity contribution in [2.45, 2.75) is 13.8 Å². The fourth-order valence-electron chi connectivity index (χ4n) is 2.84. The van der Waals surface area contributed by atoms with Crippen molar-refractivity contribution in [3.8, 4) is 0 Å². The molecule has 124 valence electrons. The summed E-state index contributed by atoms with van der Waals surface area (Å²) in [6, 6.07) is 10.3. The van der Waals surface area contributed by atoms with Crippen LogP contribution >= 0.6 is 11.3 Å². The number of rotatable bonds is 2. The molecule has 2 heterocycles. The Bertz CT molecular complexity index is 1270. The molecule has 0 spiro atoms. The highest BCUT2D eigenvalue weighted by Crippen LogP contribution is 2.21. The highest BCUT2D eigenvalue weighted by atomic mass is 32.1. The van der Waals surface area contributed by atoms with Gasteiger partial charge in [0.2, 0.25) is 0 Å². The number of nitro benzene ring substituents is 1. The van der Waals surface area contributed by atoms with Gasteiger partial charge in [-0.15, -0.1) is 0 Å². The number of nitrogens with zero attached hydrogens (tertiary/aromatic N) is 3. The highest BCUT2D eigenvalue weighted by Gasteiger charge is 2.14. The van der Waals surface area contributed by atoms with Crippen LogP contribution in [0, 0.1) is 24.0 Å². The van der Waals surface area contributed by atoms with E-state index < -0.39 is 4.92 Å². The SMILES string of the molecule is Cc1cc2nc3s/c(=C\c4ccccc4[N+](=O)[O-])c(=O)n3c2cc1C. The number of hydrogen-bond acceptors (Lipinski definition) is 5. The third kappa shape index (κ3) is 2.40. The molecule has 0 aliphatic rings. The number of imidazole rings is 1. The average Bonchev–Trinajstić information content (AvgIpc) is 3.05. The normalized spacial score (nSPS) is 12.3. The Morgan fingerprint density at radius 2 is 1.92 bits per heavy atom. The van der Waals surface area contributed by atoms with Crippen molar-refractivity contribution >= 4 is 39.1 Å². The zero-order valence-corrected chi connectivity index (χ0v) is 14.3. The van der Waals surface area contributed by atoms with Gasteiger partial charge >= 0.3 is 0 Å². The maximum atomic E-state index is 12.8. The van der Waals surface area contributed by atoms with E-state index in [1.807, 2.05) is 26.0 Å². The fourth-order valence-corrected chi connectivity index (χ4v) is 3.81. The molecule has 25 heavy (non-hydrogen) atoms. The van der Waals surface area contributed by atoms with Crippen molar-refractivity contribution in [3.63, 3.8) is 0 Å². The van der Waals surface area contributed by atoms with Gasteiger partial charge in [0, 0.05) is 6.07 Å². The van der Waals surface area contributed by atoms with E-state index in [1.54, 1.807) is 28.7 Å². The summed E-state index contributed by atoms with van der Waals surface area (Å²) in [5.74, 6) is 0. The summed E-state index contributed by atoms with van der Waals surface area (Å²) in [6.07, 6.45) is 1.56. The molecule has 0 amide bonds. The van der Waals surface area contributed by atoms with Crippen LogP contribution in [0.25, 0.3) is 22.1 Å². The first-order chi connectivity index (χ1) is 12.0. The molecule has 0 bridgehead atoms. The first kappa shape index (κ1) is 15.5. The number of hydrogen-bond donors (Lipinski definition) is 0. The molecule has 0 atom stereocenters. The van der Waals surface area contributed by atoms with Crippen LogP contribution in [-0.2, 0) is 0 Å². The Kier molecular flexibility index (Phi) is 3.40. The molecule has 2 aromatic heterocycles. The van der Waals surface area contributed by atoms with Gasteiger partial charge in [-0.1, -0.05) is 23.5 Å². The van der Waals surface area contributed by atoms with Crippen LogP contribution in [0.15, 0.2) is 41.2 Å². The first-order valence-corrected chi connectivity index (χ1v) is 8.45. The zero-order valence-electron chi connectivity index (χ0n) is 13.5. The number of nitro groups is 1. The number of aryl methyl sites for hydroxylation is 2. The molecule has 0 aliphatic heterocycles. The van der Waals surface area contributed by atoms with Crippen LogP contribution < -0.4 is 10.1 Å². The largest absolute Gasteiger partial charge is 0.276 e. The average molecular weight is 351 g/mol. The van der Waals surface area contributed by atoms with E-state index in [4.69, 9.17) is 0 Å². The monoisotopic (exact) mass is 351 g/mol. The van der Waals surface area contributed by atoms with Crippen LogP contribution in [-0.4, -0.2) is 14.3 Å². The minimum atomic E-state index is -0.448. The van der Waals surface area contributed by atoms with Gasteiger partial charge in [-0.2, -0.15) is 0 Å². The lowest BCUT2D eigenvalue weighted by molar-refractivity contribution is -0.385. The predicted molar refractivity (Wildman–Crippen MR) is 98.2 cm³/mol. The standard InChI is InChI=1S/C18H13N3O3S/c1-10-7-13-15(8-11(10)2)20-17(22)16(25-18(20)19-13)9-12-5-3-4-6-14(12)21(23)24/h3-9H,1-2H3/b16-9-. The van der Waals surface area contributed by atoms with Crippen LogP contribution in [0.3, 0.4) is 0 Å². The second-order valence-electron chi connectivity index (χ2n) is 5.89. The van der Waals surface area contributed by atoms with Gasteiger partial charge in [0.1, 0.15) is 0 Å². The quantitative estimate of drug-likeness (QED) is 0.411. The van der Waals surface area contributed by atoms with Gasteiger partial charge in [-0.3, -0.25) is 14.9 Å². The van der Waals surface area contributed by atoms with Crippen molar-refractivity contribution in [3.05, 3.63) is 78.1 Å². The number of aromatic nitrogens is 2. The smallest absolute Gasteiger partial charge is 0.267 e. The summed E-state index contributed by atoms with van der Waals surface area (Å²) >= 11 is 1.24. The van der Waals surface area contributed by atoms with Gasteiger partial charge in [-0.05, 0) is 49.2 Å². The third-order valence-corrected chi connectivity index (χ3v) is 5.24. The molecule has 2 aromatic carbocycles. The molecule has 7 heteroatoms. The second kappa shape index (κ2) is 5.49. The molecule has 4 aromatic rings. The van der Waals surface area contributed by atoms with Crippen LogP contribution in [0.2, 0.25) is 0 Å². The minimum absolute atomic E-state index is 0.0238. The molecule has 0 fully saturated rings. The van der Waals surface area contributed by atoms with E-state index in [9.17, 15) is 14.9 Å². The Morgan fingerprint density at radius 3 is 2.68 bits per heavy atom. The van der Waals surface area contributed by atoms with E-state index in [2.05, 4.69) is 4.98 Å². The molecule has 0 saturated carbocycles. The Morgan fingerprint density at radius 1 is 1.20 bits per heavy atom. The van der Waals surface area contributed by atoms with E-state index in [-0.39, 0.29) is 11.2 Å². The summed E-state index contributed by atoms with van der Waals surface area (Å²) in [4.78, 5) is 28.6. The van der Waals surface area contributed by atoms with Crippen molar-refractivity contribution in [2.75, 3.05) is 0 Å². The Balaban J connectivity index is 2.02. The van der Waals surface area contributed by atoms with Crippen LogP contribution in [0.4, 0.5) is 5.69 Å². The highest BCUT2D eigenvalue weighted by molar-refractivity contribution is 7.15. The maximum Gasteiger partial charge on any atom is 0.276 e. The Hall–Kier alpha value is -3.06. The lowest BCUT2D eigenvalue weighted by Crippen LogP contribution is -2.22. The molecule has 0 N–H and O–H groups in total. The number of benzene rings is 2. The molecular formula is C18H13N3O3S. The van der Waals surface area contributed by atoms with Gasteiger partial charge in [0.25, 0.3) is 11.2 Å². The first-order valence-electron chi connectivity index (χ1n) is 7.63. The fraction of sp³-hybridized carbons (Fsp3) is 0.111. The van der Waals surface area contributed by atoms with E-state index in [0.717, 1.165) is 22.2 Å². The predicted octanol–water partition coefficient (Wildman–Crippen LogP) is 2.98. The lowest BCUT2D eigenvalue weighted by atomic mass is 10.1. The summed E-state index contributed by atoms with van der Waals surface area (Å²) in [6.45, 7) is 4.00. The van der Waals surface area contributed by atoms with Gasteiger partial charge < -0.3 is 0 Å². The maximum absolute atomic E-state index is 12.8. The number of para-hydroxylation sites is 1. The van der Waals surface area contributed by atoms with E-state index >= 15 is 0 Å². The van der Waals surface area contributed by atoms with Crippen LogP contribution in [0.1, 0.15) is 16.7 Å². The number of thiazole rings is 1. The van der Waals surface area contributed by atoms with Crippen LogP contribution in [0.5, 0.6) is 0 Å². The van der Waals surface area contributed by atoms with Gasteiger partial charge in [0.05, 0.1) is 26.1 Å². The number of fused-ring (bicyclic) bond motifs is 3. The second-order valence-corrected chi connectivity index (χ2v) is 6.90. The molecule has 0 aliphatic carbocycles. The zero-order chi connectivity index (χ0) is 17.7. The minimum Gasteiger partial charge on any atom is -0.267 e. The summed E-state index contributed by atoms with van der Waals surface area (Å²) in [5, 5.41) is 11.2. The lowest BCUT2D eigenvalue weighted by Gasteiger charge is -1.98. The summed E-state index contributed by atoms with van der Waals surface area (Å²) in [5.41, 5.74) is 3.94. The molecule has 0 saturated heterocycles. The Labute approximate surface area is 145 Å². The summed E-state index contributed by atoms with van der Waals surface area (Å²) in [7, 11) is 0. The van der Waals surface area contributed by atoms with Crippen molar-refractivity contribution in [1.82, 2.24) is 9.38 Å².